The summed E-state index contributed by atoms with van der Waals surface area (Å²) in [5.41, 5.74) is 0.950. The molecule has 0 radical (unpaired) electrons. The third kappa shape index (κ3) is 7.57. The second-order valence-electron chi connectivity index (χ2n) is 8.91. The molecule has 1 saturated carbocycles. The number of hydrogen-bond acceptors (Lipinski definition) is 5. The Bertz CT molecular complexity index is 1200. The lowest BCUT2D eigenvalue weighted by molar-refractivity contribution is -0.143. The SMILES string of the molecule is O=C(NCCNC(=O)c1cccc(Oc2ccccc2)c1)c1ccc(OC2CCC(C(=O)O)CC2)cc1. The van der Waals surface area contributed by atoms with E-state index >= 15 is 0 Å². The fraction of sp³-hybridized carbons (Fsp3) is 0.276. The normalized spacial score (nSPS) is 16.9. The Morgan fingerprint density at radius 2 is 1.32 bits per heavy atom. The molecule has 3 aromatic carbocycles. The van der Waals surface area contributed by atoms with Crippen LogP contribution in [0.4, 0.5) is 0 Å². The summed E-state index contributed by atoms with van der Waals surface area (Å²) in [7, 11) is 0. The van der Waals surface area contributed by atoms with E-state index in [0.717, 1.165) is 0 Å². The highest BCUT2D eigenvalue weighted by molar-refractivity contribution is 5.95. The molecule has 0 bridgehead atoms. The molecule has 2 amide bonds. The summed E-state index contributed by atoms with van der Waals surface area (Å²) in [4.78, 5) is 36.0. The van der Waals surface area contributed by atoms with Crippen LogP contribution in [-0.4, -0.2) is 42.1 Å². The van der Waals surface area contributed by atoms with Gasteiger partial charge in [0.1, 0.15) is 17.2 Å². The Morgan fingerprint density at radius 3 is 1.97 bits per heavy atom. The van der Waals surface area contributed by atoms with Crippen LogP contribution in [0.3, 0.4) is 0 Å². The Hall–Kier alpha value is -4.33. The summed E-state index contributed by atoms with van der Waals surface area (Å²) in [5, 5.41) is 14.7. The highest BCUT2D eigenvalue weighted by atomic mass is 16.5. The minimum Gasteiger partial charge on any atom is -0.490 e. The number of amides is 2. The summed E-state index contributed by atoms with van der Waals surface area (Å²) in [6, 6.07) is 23.1. The number of carboxylic acid groups (broad SMARTS) is 1. The van der Waals surface area contributed by atoms with E-state index in [2.05, 4.69) is 10.6 Å². The van der Waals surface area contributed by atoms with Gasteiger partial charge in [0.05, 0.1) is 12.0 Å². The Kier molecular flexibility index (Phi) is 8.75. The molecule has 1 fully saturated rings. The lowest BCUT2D eigenvalue weighted by Gasteiger charge is -2.26. The number of ether oxygens (including phenoxy) is 2. The van der Waals surface area contributed by atoms with Gasteiger partial charge in [-0.3, -0.25) is 14.4 Å². The summed E-state index contributed by atoms with van der Waals surface area (Å²) in [5.74, 6) is 0.372. The maximum atomic E-state index is 12.5. The molecule has 0 heterocycles. The van der Waals surface area contributed by atoms with E-state index in [1.807, 2.05) is 30.3 Å². The van der Waals surface area contributed by atoms with Crippen LogP contribution >= 0.6 is 0 Å². The van der Waals surface area contributed by atoms with Crippen molar-refractivity contribution >= 4 is 17.8 Å². The minimum absolute atomic E-state index is 0.00974. The predicted molar refractivity (Wildman–Crippen MR) is 138 cm³/mol. The summed E-state index contributed by atoms with van der Waals surface area (Å²) in [6.45, 7) is 0.546. The van der Waals surface area contributed by atoms with Crippen LogP contribution in [0.2, 0.25) is 0 Å². The zero-order valence-corrected chi connectivity index (χ0v) is 20.4. The van der Waals surface area contributed by atoms with Gasteiger partial charge in [0.2, 0.25) is 0 Å². The largest absolute Gasteiger partial charge is 0.490 e. The first kappa shape index (κ1) is 25.8. The van der Waals surface area contributed by atoms with Gasteiger partial charge in [-0.1, -0.05) is 24.3 Å². The fourth-order valence-corrected chi connectivity index (χ4v) is 4.19. The van der Waals surface area contributed by atoms with Gasteiger partial charge >= 0.3 is 5.97 Å². The Balaban J connectivity index is 1.18. The van der Waals surface area contributed by atoms with Crippen LogP contribution in [-0.2, 0) is 4.79 Å². The van der Waals surface area contributed by atoms with Crippen molar-refractivity contribution in [3.05, 3.63) is 90.0 Å². The van der Waals surface area contributed by atoms with Crippen LogP contribution in [0, 0.1) is 5.92 Å². The molecule has 0 aromatic heterocycles. The number of aliphatic carboxylic acids is 1. The molecule has 0 spiro atoms. The molecule has 8 nitrogen and oxygen atoms in total. The smallest absolute Gasteiger partial charge is 0.306 e. The number of benzene rings is 3. The molecule has 3 aromatic rings. The lowest BCUT2D eigenvalue weighted by Crippen LogP contribution is -2.34. The van der Waals surface area contributed by atoms with Crippen molar-refractivity contribution in [2.75, 3.05) is 13.1 Å². The van der Waals surface area contributed by atoms with Crippen molar-refractivity contribution in [2.24, 2.45) is 5.92 Å². The molecule has 0 aliphatic heterocycles. The van der Waals surface area contributed by atoms with Gasteiger partial charge in [-0.05, 0) is 80.3 Å². The highest BCUT2D eigenvalue weighted by Gasteiger charge is 2.26. The van der Waals surface area contributed by atoms with Crippen molar-refractivity contribution in [1.82, 2.24) is 10.6 Å². The molecule has 4 rings (SSSR count). The second kappa shape index (κ2) is 12.6. The molecule has 0 atom stereocenters. The van der Waals surface area contributed by atoms with Crippen molar-refractivity contribution < 1.29 is 29.0 Å². The number of carbonyl (C=O) groups excluding carboxylic acids is 2. The number of para-hydroxylation sites is 1. The molecule has 0 saturated heterocycles. The second-order valence-corrected chi connectivity index (χ2v) is 8.91. The maximum Gasteiger partial charge on any atom is 0.306 e. The number of rotatable bonds is 10. The molecular weight excluding hydrogens is 472 g/mol. The van der Waals surface area contributed by atoms with Crippen LogP contribution in [0.1, 0.15) is 46.4 Å². The van der Waals surface area contributed by atoms with Gasteiger partial charge in [-0.25, -0.2) is 0 Å². The van der Waals surface area contributed by atoms with E-state index in [4.69, 9.17) is 14.6 Å². The Labute approximate surface area is 215 Å². The molecule has 0 unspecified atom stereocenters. The predicted octanol–water partition coefficient (Wildman–Crippen LogP) is 4.66. The van der Waals surface area contributed by atoms with Gasteiger partial charge in [0, 0.05) is 24.2 Å². The van der Waals surface area contributed by atoms with E-state index in [1.54, 1.807) is 48.5 Å². The number of carbonyl (C=O) groups is 3. The maximum absolute atomic E-state index is 12.5. The standard InChI is InChI=1S/C29H30N2O6/c32-27(20-9-13-24(14-10-20)36-25-15-11-21(12-16-25)29(34)35)30-17-18-31-28(33)22-5-4-8-26(19-22)37-23-6-2-1-3-7-23/h1-10,13-14,19,21,25H,11-12,15-18H2,(H,30,32)(H,31,33)(H,34,35). The third-order valence-corrected chi connectivity index (χ3v) is 6.21. The Morgan fingerprint density at radius 1 is 0.703 bits per heavy atom. The van der Waals surface area contributed by atoms with Gasteiger partial charge in [-0.15, -0.1) is 0 Å². The first-order valence-electron chi connectivity index (χ1n) is 12.4. The molecule has 1 aliphatic carbocycles. The fourth-order valence-electron chi connectivity index (χ4n) is 4.19. The van der Waals surface area contributed by atoms with E-state index < -0.39 is 5.97 Å². The topological polar surface area (TPSA) is 114 Å². The molecular formula is C29H30N2O6. The van der Waals surface area contributed by atoms with E-state index in [9.17, 15) is 14.4 Å². The summed E-state index contributed by atoms with van der Waals surface area (Å²) >= 11 is 0. The molecule has 37 heavy (non-hydrogen) atoms. The first-order valence-corrected chi connectivity index (χ1v) is 12.4. The number of hydrogen-bond donors (Lipinski definition) is 3. The van der Waals surface area contributed by atoms with E-state index in [0.29, 0.717) is 54.1 Å². The van der Waals surface area contributed by atoms with Gasteiger partial charge in [-0.2, -0.15) is 0 Å². The zero-order valence-electron chi connectivity index (χ0n) is 20.4. The van der Waals surface area contributed by atoms with Crippen LogP contribution < -0.4 is 20.1 Å². The van der Waals surface area contributed by atoms with Gasteiger partial charge in [0.25, 0.3) is 11.8 Å². The van der Waals surface area contributed by atoms with E-state index in [1.165, 1.54) is 0 Å². The van der Waals surface area contributed by atoms with Crippen molar-refractivity contribution in [3.63, 3.8) is 0 Å². The van der Waals surface area contributed by atoms with Crippen molar-refractivity contribution in [2.45, 2.75) is 31.8 Å². The van der Waals surface area contributed by atoms with Gasteiger partial charge in [0.15, 0.2) is 0 Å². The monoisotopic (exact) mass is 502 g/mol. The zero-order chi connectivity index (χ0) is 26.0. The average molecular weight is 503 g/mol. The van der Waals surface area contributed by atoms with Crippen LogP contribution in [0.25, 0.3) is 0 Å². The van der Waals surface area contributed by atoms with Crippen LogP contribution in [0.15, 0.2) is 78.9 Å². The van der Waals surface area contributed by atoms with Crippen molar-refractivity contribution in [1.29, 1.82) is 0 Å². The average Bonchev–Trinajstić information content (AvgIpc) is 2.92. The molecule has 3 N–H and O–H groups in total. The van der Waals surface area contributed by atoms with Crippen LogP contribution in [0.5, 0.6) is 17.2 Å². The summed E-state index contributed by atoms with van der Waals surface area (Å²) in [6.07, 6.45) is 2.63. The highest BCUT2D eigenvalue weighted by Crippen LogP contribution is 2.28. The third-order valence-electron chi connectivity index (χ3n) is 6.21. The quantitative estimate of drug-likeness (QED) is 0.348. The first-order chi connectivity index (χ1) is 18.0. The van der Waals surface area contributed by atoms with Crippen molar-refractivity contribution in [3.8, 4) is 17.2 Å². The molecule has 192 valence electrons. The summed E-state index contributed by atoms with van der Waals surface area (Å²) < 4.78 is 11.7. The molecule has 8 heteroatoms. The minimum atomic E-state index is -0.740. The van der Waals surface area contributed by atoms with E-state index in [-0.39, 0.29) is 36.9 Å². The number of carboxylic acids is 1. The molecule has 1 aliphatic rings. The van der Waals surface area contributed by atoms with Gasteiger partial charge < -0.3 is 25.2 Å². The lowest BCUT2D eigenvalue weighted by atomic mass is 9.87. The number of nitrogens with one attached hydrogen (secondary N) is 2.